The molecule has 7 nitrogen and oxygen atoms in total. The van der Waals surface area contributed by atoms with Crippen LogP contribution in [0.4, 0.5) is 17.6 Å². The summed E-state index contributed by atoms with van der Waals surface area (Å²) >= 11 is 1.25. The predicted molar refractivity (Wildman–Crippen MR) is 136 cm³/mol. The van der Waals surface area contributed by atoms with Crippen molar-refractivity contribution in [1.29, 1.82) is 0 Å². The molecule has 0 bridgehead atoms. The predicted octanol–water partition coefficient (Wildman–Crippen LogP) is 4.42. The van der Waals surface area contributed by atoms with Gasteiger partial charge in [0.05, 0.1) is 17.8 Å². The number of fused-ring (bicyclic) bond motifs is 2. The van der Waals surface area contributed by atoms with Crippen LogP contribution >= 0.6 is 11.3 Å². The lowest BCUT2D eigenvalue weighted by atomic mass is 9.81. The number of primary amides is 1. The normalized spacial score (nSPS) is 18.3. The highest BCUT2D eigenvalue weighted by Gasteiger charge is 2.57. The second-order valence-corrected chi connectivity index (χ2v) is 10.3. The molecule has 1 aliphatic rings. The Morgan fingerprint density at radius 3 is 2.54 bits per heavy atom. The maximum absolute atomic E-state index is 14.5. The first-order valence-corrected chi connectivity index (χ1v) is 12.5. The van der Waals surface area contributed by atoms with Gasteiger partial charge in [0.25, 0.3) is 5.91 Å². The second kappa shape index (κ2) is 9.31. The number of nitrogens with two attached hydrogens (primary N) is 1. The van der Waals surface area contributed by atoms with Gasteiger partial charge in [0.2, 0.25) is 11.5 Å². The van der Waals surface area contributed by atoms with E-state index in [4.69, 9.17) is 10.5 Å². The van der Waals surface area contributed by atoms with Gasteiger partial charge in [-0.3, -0.25) is 9.59 Å². The largest absolute Gasteiger partial charge is 0.489 e. The highest BCUT2D eigenvalue weighted by atomic mass is 32.1. The summed E-state index contributed by atoms with van der Waals surface area (Å²) in [5, 5.41) is 15.4. The maximum atomic E-state index is 14.5. The third-order valence-electron chi connectivity index (χ3n) is 6.86. The fourth-order valence-corrected chi connectivity index (χ4v) is 5.34. The van der Waals surface area contributed by atoms with Crippen molar-refractivity contribution in [1.82, 2.24) is 10.3 Å². The average Bonchev–Trinajstić information content (AvgIpc) is 3.49. The Morgan fingerprint density at radius 1 is 1.18 bits per heavy atom. The first-order valence-electron chi connectivity index (χ1n) is 11.6. The molecule has 1 aliphatic heterocycles. The lowest BCUT2D eigenvalue weighted by molar-refractivity contribution is -0.265. The molecule has 0 radical (unpaired) electrons. The molecular formula is C27H21F4N3O4S. The summed E-state index contributed by atoms with van der Waals surface area (Å²) in [5.74, 6) is -2.29. The van der Waals surface area contributed by atoms with Crippen molar-refractivity contribution in [3.05, 3.63) is 82.6 Å². The van der Waals surface area contributed by atoms with Gasteiger partial charge in [-0.25, -0.2) is 9.37 Å². The fourth-order valence-electron chi connectivity index (χ4n) is 4.40. The van der Waals surface area contributed by atoms with Gasteiger partial charge in [0.15, 0.2) is 0 Å². The number of amides is 2. The Bertz CT molecular complexity index is 1610. The first-order chi connectivity index (χ1) is 18.3. The SMILES string of the molecule is C[C@]1(C(N)=O)COc2c1cc(C(O)(CNC(=O)c1csc3ccccc13)C(F)(F)F)nc2-c1ccc(F)cc1. The molecule has 2 amide bonds. The Kier molecular flexibility index (Phi) is 6.34. The van der Waals surface area contributed by atoms with Gasteiger partial charge in [-0.15, -0.1) is 11.3 Å². The number of hydrogen-bond donors (Lipinski definition) is 3. The highest BCUT2D eigenvalue weighted by Crippen LogP contribution is 2.47. The zero-order valence-electron chi connectivity index (χ0n) is 20.3. The highest BCUT2D eigenvalue weighted by molar-refractivity contribution is 7.17. The van der Waals surface area contributed by atoms with E-state index in [1.54, 1.807) is 24.3 Å². The number of rotatable bonds is 6. The number of halogens is 4. The van der Waals surface area contributed by atoms with E-state index in [1.807, 2.05) is 0 Å². The zero-order valence-corrected chi connectivity index (χ0v) is 21.1. The van der Waals surface area contributed by atoms with Crippen LogP contribution in [0.3, 0.4) is 0 Å². The molecular weight excluding hydrogens is 538 g/mol. The lowest BCUT2D eigenvalue weighted by Crippen LogP contribution is -2.51. The van der Waals surface area contributed by atoms with E-state index < -0.39 is 47.1 Å². The quantitative estimate of drug-likeness (QED) is 0.303. The Morgan fingerprint density at radius 2 is 1.87 bits per heavy atom. The lowest BCUT2D eigenvalue weighted by Gasteiger charge is -2.31. The minimum absolute atomic E-state index is 0.00930. The van der Waals surface area contributed by atoms with Gasteiger partial charge >= 0.3 is 6.18 Å². The smallest absolute Gasteiger partial charge is 0.424 e. The molecule has 0 saturated heterocycles. The molecule has 5 rings (SSSR count). The zero-order chi connectivity index (χ0) is 28.2. The number of benzene rings is 2. The number of carbonyl (C=O) groups excluding carboxylic acids is 2. The number of nitrogens with one attached hydrogen (secondary N) is 1. The second-order valence-electron chi connectivity index (χ2n) is 9.41. The summed E-state index contributed by atoms with van der Waals surface area (Å²) in [7, 11) is 0. The molecule has 0 fully saturated rings. The molecule has 1 unspecified atom stereocenters. The van der Waals surface area contributed by atoms with E-state index >= 15 is 0 Å². The van der Waals surface area contributed by atoms with Crippen LogP contribution in [0.15, 0.2) is 60.0 Å². The van der Waals surface area contributed by atoms with Gasteiger partial charge in [0.1, 0.15) is 29.3 Å². The standard InChI is InChI=1S/C27H21F4N3O4S/c1-25(24(32)36)13-38-22-18(25)10-20(34-21(22)14-6-8-15(28)9-7-14)26(37,27(29,30)31)12-33-23(35)17-11-39-19-5-3-2-4-16(17)19/h2-11,37H,12-13H2,1H3,(H2,32,36)(H,33,35)/t25-,26?/m0/s1. The topological polar surface area (TPSA) is 115 Å². The van der Waals surface area contributed by atoms with Crippen LogP contribution in [0.2, 0.25) is 0 Å². The summed E-state index contributed by atoms with van der Waals surface area (Å²) in [6.45, 7) is -0.152. The van der Waals surface area contributed by atoms with E-state index in [0.29, 0.717) is 5.39 Å². The molecule has 202 valence electrons. The van der Waals surface area contributed by atoms with Crippen molar-refractivity contribution in [3.8, 4) is 17.0 Å². The number of carbonyl (C=O) groups is 2. The van der Waals surface area contributed by atoms with Crippen molar-refractivity contribution >= 4 is 33.2 Å². The van der Waals surface area contributed by atoms with E-state index in [-0.39, 0.29) is 34.7 Å². The van der Waals surface area contributed by atoms with Crippen LogP contribution in [0, 0.1) is 5.82 Å². The Hall–Kier alpha value is -4.03. The molecule has 0 spiro atoms. The van der Waals surface area contributed by atoms with Crippen molar-refractivity contribution < 1.29 is 37.0 Å². The van der Waals surface area contributed by atoms with Crippen molar-refractivity contribution in [2.75, 3.05) is 13.2 Å². The number of aliphatic hydroxyl groups is 1. The van der Waals surface area contributed by atoms with Crippen molar-refractivity contribution in [2.24, 2.45) is 5.73 Å². The number of thiophene rings is 1. The third-order valence-corrected chi connectivity index (χ3v) is 7.82. The average molecular weight is 560 g/mol. The number of aromatic nitrogens is 1. The Balaban J connectivity index is 1.61. The molecule has 0 saturated carbocycles. The van der Waals surface area contributed by atoms with Crippen LogP contribution < -0.4 is 15.8 Å². The van der Waals surface area contributed by atoms with Crippen LogP contribution in [0.25, 0.3) is 21.3 Å². The van der Waals surface area contributed by atoms with Crippen molar-refractivity contribution in [2.45, 2.75) is 24.1 Å². The van der Waals surface area contributed by atoms with E-state index in [1.165, 1.54) is 35.8 Å². The number of ether oxygens (including phenoxy) is 1. The number of alkyl halides is 3. The summed E-state index contributed by atoms with van der Waals surface area (Å²) < 4.78 is 63.5. The van der Waals surface area contributed by atoms with E-state index in [2.05, 4.69) is 10.3 Å². The van der Waals surface area contributed by atoms with Crippen molar-refractivity contribution in [3.63, 3.8) is 0 Å². The molecule has 39 heavy (non-hydrogen) atoms. The number of nitrogens with zero attached hydrogens (tertiary/aromatic N) is 1. The monoisotopic (exact) mass is 559 g/mol. The van der Waals surface area contributed by atoms with Gasteiger partial charge < -0.3 is 20.9 Å². The molecule has 2 aromatic carbocycles. The van der Waals surface area contributed by atoms with Crippen LogP contribution in [0.5, 0.6) is 5.75 Å². The number of hydrogen-bond acceptors (Lipinski definition) is 6. The van der Waals surface area contributed by atoms with Gasteiger partial charge in [0, 0.05) is 26.6 Å². The van der Waals surface area contributed by atoms with Gasteiger partial charge in [-0.2, -0.15) is 13.2 Å². The van der Waals surface area contributed by atoms with Crippen LogP contribution in [-0.2, 0) is 15.8 Å². The molecule has 12 heteroatoms. The summed E-state index contributed by atoms with van der Waals surface area (Å²) in [4.78, 5) is 29.3. The van der Waals surface area contributed by atoms with E-state index in [9.17, 15) is 32.3 Å². The molecule has 2 atom stereocenters. The minimum atomic E-state index is -5.30. The molecule has 2 aromatic heterocycles. The van der Waals surface area contributed by atoms with Gasteiger partial charge in [-0.05, 0) is 43.3 Å². The summed E-state index contributed by atoms with van der Waals surface area (Å²) in [5.41, 5.74) is -0.347. The Labute approximate surface area is 223 Å². The molecule has 4 aromatic rings. The molecule has 3 heterocycles. The van der Waals surface area contributed by atoms with E-state index in [0.717, 1.165) is 22.9 Å². The van der Waals surface area contributed by atoms with Crippen LogP contribution in [-0.4, -0.2) is 41.2 Å². The minimum Gasteiger partial charge on any atom is -0.489 e. The molecule has 4 N–H and O–H groups in total. The molecule has 0 aliphatic carbocycles. The third kappa shape index (κ3) is 4.39. The summed E-state index contributed by atoms with van der Waals surface area (Å²) in [6.07, 6.45) is -5.30. The van der Waals surface area contributed by atoms with Crippen LogP contribution in [0.1, 0.15) is 28.5 Å². The van der Waals surface area contributed by atoms with Gasteiger partial charge in [-0.1, -0.05) is 18.2 Å². The number of pyridine rings is 1. The fraction of sp³-hybridized carbons (Fsp3) is 0.222. The maximum Gasteiger partial charge on any atom is 0.424 e. The first kappa shape index (κ1) is 26.6. The summed E-state index contributed by atoms with van der Waals surface area (Å²) in [6, 6.07) is 12.5.